The second kappa shape index (κ2) is 1.85. The largest absolute Gasteiger partial charge is 0.267 e. The molecule has 1 N–H and O–H groups in total. The van der Waals surface area contributed by atoms with Gasteiger partial charge >= 0.3 is 0 Å². The van der Waals surface area contributed by atoms with Gasteiger partial charge < -0.3 is 0 Å². The Labute approximate surface area is 50.9 Å². The Hall–Kier alpha value is -1.01. The normalized spacial score (nSPS) is 8.50. The summed E-state index contributed by atoms with van der Waals surface area (Å²) in [5.74, 6) is 0. The quantitative estimate of drug-likeness (QED) is 0.564. The van der Waals surface area contributed by atoms with Crippen LogP contribution in [0.15, 0.2) is 6.20 Å². The van der Waals surface area contributed by atoms with E-state index in [0.717, 1.165) is 0 Å². The second-order valence-electron chi connectivity index (χ2n) is 1.20. The zero-order chi connectivity index (χ0) is 5.98. The van der Waals surface area contributed by atoms with Crippen LogP contribution < -0.4 is 0 Å². The van der Waals surface area contributed by atoms with Gasteiger partial charge in [-0.15, -0.1) is 0 Å². The van der Waals surface area contributed by atoms with Crippen molar-refractivity contribution in [2.24, 2.45) is 0 Å². The standard InChI is InChI=1S/C4H2ClN3/c5-3-2-7-8-4(3)1-6/h2H,(H,7,8). The molecule has 0 spiro atoms. The van der Waals surface area contributed by atoms with E-state index in [1.54, 1.807) is 0 Å². The molecule has 0 aromatic carbocycles. The monoisotopic (exact) mass is 127 g/mol. The zero-order valence-corrected chi connectivity index (χ0v) is 4.61. The molecule has 40 valence electrons. The van der Waals surface area contributed by atoms with Crippen LogP contribution in [0.5, 0.6) is 0 Å². The molecule has 0 amide bonds. The highest BCUT2D eigenvalue weighted by Crippen LogP contribution is 2.08. The number of halogens is 1. The fourth-order valence-electron chi connectivity index (χ4n) is 0.350. The highest BCUT2D eigenvalue weighted by molar-refractivity contribution is 6.31. The smallest absolute Gasteiger partial charge is 0.154 e. The van der Waals surface area contributed by atoms with Crippen LogP contribution in [0.4, 0.5) is 0 Å². The number of nitrogens with zero attached hydrogens (tertiary/aromatic N) is 2. The summed E-state index contributed by atoms with van der Waals surface area (Å²) >= 11 is 5.42. The first-order valence-electron chi connectivity index (χ1n) is 1.93. The van der Waals surface area contributed by atoms with Gasteiger partial charge in [0, 0.05) is 0 Å². The Kier molecular flexibility index (Phi) is 1.18. The van der Waals surface area contributed by atoms with Gasteiger partial charge in [0.15, 0.2) is 5.69 Å². The third-order valence-electron chi connectivity index (χ3n) is 0.705. The van der Waals surface area contributed by atoms with Gasteiger partial charge in [0.25, 0.3) is 0 Å². The lowest BCUT2D eigenvalue weighted by atomic mass is 10.5. The van der Waals surface area contributed by atoms with E-state index in [-0.39, 0.29) is 0 Å². The summed E-state index contributed by atoms with van der Waals surface area (Å²) in [7, 11) is 0. The van der Waals surface area contributed by atoms with E-state index in [2.05, 4.69) is 10.2 Å². The van der Waals surface area contributed by atoms with E-state index in [0.29, 0.717) is 10.7 Å². The van der Waals surface area contributed by atoms with Gasteiger partial charge in [-0.25, -0.2) is 0 Å². The number of nitrogens with one attached hydrogen (secondary N) is 1. The Morgan fingerprint density at radius 2 is 2.62 bits per heavy atom. The highest BCUT2D eigenvalue weighted by Gasteiger charge is 1.96. The first-order valence-corrected chi connectivity index (χ1v) is 2.31. The van der Waals surface area contributed by atoms with Crippen LogP contribution in [0.2, 0.25) is 5.02 Å². The van der Waals surface area contributed by atoms with Gasteiger partial charge in [-0.3, -0.25) is 5.10 Å². The van der Waals surface area contributed by atoms with Gasteiger partial charge in [-0.05, 0) is 0 Å². The number of nitriles is 1. The Morgan fingerprint density at radius 1 is 1.88 bits per heavy atom. The first-order chi connectivity index (χ1) is 3.84. The molecule has 3 nitrogen and oxygen atoms in total. The van der Waals surface area contributed by atoms with Crippen LogP contribution in [0, 0.1) is 11.3 Å². The van der Waals surface area contributed by atoms with Gasteiger partial charge in [-0.2, -0.15) is 10.4 Å². The summed E-state index contributed by atoms with van der Waals surface area (Å²) in [5, 5.41) is 14.5. The minimum absolute atomic E-state index is 0.312. The van der Waals surface area contributed by atoms with E-state index in [1.807, 2.05) is 6.07 Å². The minimum atomic E-state index is 0.312. The van der Waals surface area contributed by atoms with Crippen LogP contribution in [-0.2, 0) is 0 Å². The maximum absolute atomic E-state index is 8.20. The number of rotatable bonds is 0. The van der Waals surface area contributed by atoms with Gasteiger partial charge in [0.2, 0.25) is 0 Å². The van der Waals surface area contributed by atoms with Crippen molar-refractivity contribution in [3.63, 3.8) is 0 Å². The molecule has 1 aromatic rings. The molecule has 0 atom stereocenters. The molecule has 0 saturated carbocycles. The third-order valence-corrected chi connectivity index (χ3v) is 0.991. The Balaban J connectivity index is 3.15. The molecule has 0 aliphatic heterocycles. The molecule has 4 heteroatoms. The average Bonchev–Trinajstić information content (AvgIpc) is 2.14. The minimum Gasteiger partial charge on any atom is -0.267 e. The molecule has 0 unspecified atom stereocenters. The van der Waals surface area contributed by atoms with E-state index >= 15 is 0 Å². The molecule has 8 heavy (non-hydrogen) atoms. The zero-order valence-electron chi connectivity index (χ0n) is 3.85. The van der Waals surface area contributed by atoms with Crippen LogP contribution in [0.3, 0.4) is 0 Å². The van der Waals surface area contributed by atoms with Gasteiger partial charge in [0.1, 0.15) is 6.07 Å². The molecule has 0 fully saturated rings. The summed E-state index contributed by atoms with van der Waals surface area (Å²) in [6.07, 6.45) is 1.39. The number of hydrogen-bond donors (Lipinski definition) is 1. The van der Waals surface area contributed by atoms with Crippen molar-refractivity contribution in [3.8, 4) is 6.07 Å². The van der Waals surface area contributed by atoms with E-state index < -0.39 is 0 Å². The van der Waals surface area contributed by atoms with E-state index in [1.165, 1.54) is 6.20 Å². The molecular formula is C4H2ClN3. The lowest BCUT2D eigenvalue weighted by Crippen LogP contribution is -1.70. The lowest BCUT2D eigenvalue weighted by molar-refractivity contribution is 1.07. The number of hydrogen-bond acceptors (Lipinski definition) is 2. The van der Waals surface area contributed by atoms with Crippen molar-refractivity contribution in [2.75, 3.05) is 0 Å². The fourth-order valence-corrected chi connectivity index (χ4v) is 0.483. The van der Waals surface area contributed by atoms with E-state index in [4.69, 9.17) is 16.9 Å². The summed E-state index contributed by atoms with van der Waals surface area (Å²) < 4.78 is 0. The molecule has 1 aromatic heterocycles. The van der Waals surface area contributed by atoms with Crippen molar-refractivity contribution >= 4 is 11.6 Å². The Morgan fingerprint density at radius 3 is 2.88 bits per heavy atom. The molecule has 0 radical (unpaired) electrons. The first kappa shape index (κ1) is 5.13. The lowest BCUT2D eigenvalue weighted by Gasteiger charge is -1.72. The summed E-state index contributed by atoms with van der Waals surface area (Å²) in [5.41, 5.74) is 0.312. The van der Waals surface area contributed by atoms with Gasteiger partial charge in [-0.1, -0.05) is 11.6 Å². The van der Waals surface area contributed by atoms with Gasteiger partial charge in [0.05, 0.1) is 11.2 Å². The van der Waals surface area contributed by atoms with Crippen molar-refractivity contribution < 1.29 is 0 Å². The van der Waals surface area contributed by atoms with E-state index in [9.17, 15) is 0 Å². The SMILES string of the molecule is N#Cc1[nH]ncc1Cl. The fraction of sp³-hybridized carbons (Fsp3) is 0. The maximum atomic E-state index is 8.20. The van der Waals surface area contributed by atoms with Crippen LogP contribution >= 0.6 is 11.6 Å². The van der Waals surface area contributed by atoms with Crippen molar-refractivity contribution in [3.05, 3.63) is 16.9 Å². The number of aromatic amines is 1. The average molecular weight is 128 g/mol. The molecule has 0 saturated heterocycles. The highest BCUT2D eigenvalue weighted by atomic mass is 35.5. The second-order valence-corrected chi connectivity index (χ2v) is 1.61. The molecular weight excluding hydrogens is 126 g/mol. The maximum Gasteiger partial charge on any atom is 0.154 e. The summed E-state index contributed by atoms with van der Waals surface area (Å²) in [6.45, 7) is 0. The van der Waals surface area contributed by atoms with Crippen molar-refractivity contribution in [1.29, 1.82) is 5.26 Å². The molecule has 1 rings (SSSR count). The predicted octanol–water partition coefficient (Wildman–Crippen LogP) is 0.935. The molecule has 0 bridgehead atoms. The van der Waals surface area contributed by atoms with Crippen LogP contribution in [-0.4, -0.2) is 10.2 Å². The van der Waals surface area contributed by atoms with Crippen LogP contribution in [0.25, 0.3) is 0 Å². The molecule has 1 heterocycles. The van der Waals surface area contributed by atoms with Crippen LogP contribution in [0.1, 0.15) is 5.69 Å². The molecule has 0 aliphatic carbocycles. The predicted molar refractivity (Wildman–Crippen MR) is 28.3 cm³/mol. The number of aromatic nitrogens is 2. The van der Waals surface area contributed by atoms with Crippen molar-refractivity contribution in [2.45, 2.75) is 0 Å². The summed E-state index contributed by atoms with van der Waals surface area (Å²) in [6, 6.07) is 1.83. The third kappa shape index (κ3) is 0.658. The topological polar surface area (TPSA) is 52.5 Å². The van der Waals surface area contributed by atoms with Crippen molar-refractivity contribution in [1.82, 2.24) is 10.2 Å². The summed E-state index contributed by atoms with van der Waals surface area (Å²) in [4.78, 5) is 0. The molecule has 0 aliphatic rings. The Bertz CT molecular complexity index is 221. The number of H-pyrrole nitrogens is 1.